The Morgan fingerprint density at radius 3 is 2.57 bits per heavy atom. The zero-order valence-electron chi connectivity index (χ0n) is 6.91. The SMILES string of the molecule is O=C(O)c1cnc(-c2cncnc2)s1. The Morgan fingerprint density at radius 2 is 2.00 bits per heavy atom. The van der Waals surface area contributed by atoms with E-state index >= 15 is 0 Å². The summed E-state index contributed by atoms with van der Waals surface area (Å²) in [5, 5.41) is 9.30. The molecule has 0 aliphatic heterocycles. The standard InChI is InChI=1S/C8H5N3O2S/c12-8(13)6-3-11-7(14-6)5-1-9-4-10-2-5/h1-4H,(H,12,13). The molecule has 0 saturated carbocycles. The lowest BCUT2D eigenvalue weighted by molar-refractivity contribution is 0.0702. The van der Waals surface area contributed by atoms with Crippen molar-refractivity contribution in [2.45, 2.75) is 0 Å². The number of carboxylic acid groups (broad SMARTS) is 1. The Morgan fingerprint density at radius 1 is 1.29 bits per heavy atom. The molecule has 0 saturated heterocycles. The molecular formula is C8H5N3O2S. The predicted octanol–water partition coefficient (Wildman–Crippen LogP) is 1.30. The normalized spacial score (nSPS) is 10.0. The molecule has 0 atom stereocenters. The van der Waals surface area contributed by atoms with Crippen molar-refractivity contribution in [2.75, 3.05) is 0 Å². The Hall–Kier alpha value is -1.82. The molecule has 6 heteroatoms. The molecule has 2 heterocycles. The van der Waals surface area contributed by atoms with Crippen LogP contribution in [0.1, 0.15) is 9.67 Å². The first-order valence-corrected chi connectivity index (χ1v) is 4.53. The highest BCUT2D eigenvalue weighted by Crippen LogP contribution is 2.23. The summed E-state index contributed by atoms with van der Waals surface area (Å²) in [6.45, 7) is 0. The number of carbonyl (C=O) groups is 1. The summed E-state index contributed by atoms with van der Waals surface area (Å²) in [5.41, 5.74) is 0.727. The van der Waals surface area contributed by atoms with Gasteiger partial charge >= 0.3 is 5.97 Å². The molecule has 0 aliphatic rings. The van der Waals surface area contributed by atoms with Crippen molar-refractivity contribution in [3.8, 4) is 10.6 Å². The van der Waals surface area contributed by atoms with Gasteiger partial charge in [-0.15, -0.1) is 11.3 Å². The Bertz CT molecular complexity index is 455. The molecule has 0 aromatic carbocycles. The molecule has 2 rings (SSSR count). The topological polar surface area (TPSA) is 76.0 Å². The van der Waals surface area contributed by atoms with E-state index in [4.69, 9.17) is 5.11 Å². The average Bonchev–Trinajstić information content (AvgIpc) is 2.68. The molecule has 0 radical (unpaired) electrons. The van der Waals surface area contributed by atoms with E-state index in [1.165, 1.54) is 12.5 Å². The fraction of sp³-hybridized carbons (Fsp3) is 0. The molecule has 5 nitrogen and oxygen atoms in total. The Kier molecular flexibility index (Phi) is 2.19. The van der Waals surface area contributed by atoms with Crippen molar-refractivity contribution < 1.29 is 9.90 Å². The number of aromatic carboxylic acids is 1. The molecule has 0 unspecified atom stereocenters. The van der Waals surface area contributed by atoms with Gasteiger partial charge in [0.25, 0.3) is 0 Å². The van der Waals surface area contributed by atoms with Crippen LogP contribution >= 0.6 is 11.3 Å². The van der Waals surface area contributed by atoms with Gasteiger partial charge in [0.05, 0.1) is 6.20 Å². The first-order valence-electron chi connectivity index (χ1n) is 3.72. The average molecular weight is 207 g/mol. The Balaban J connectivity index is 2.39. The van der Waals surface area contributed by atoms with Gasteiger partial charge in [-0.2, -0.15) is 0 Å². The fourth-order valence-electron chi connectivity index (χ4n) is 0.916. The van der Waals surface area contributed by atoms with Crippen LogP contribution in [0.2, 0.25) is 0 Å². The smallest absolute Gasteiger partial charge is 0.347 e. The summed E-state index contributed by atoms with van der Waals surface area (Å²) in [7, 11) is 0. The van der Waals surface area contributed by atoms with Crippen molar-refractivity contribution in [3.63, 3.8) is 0 Å². The van der Waals surface area contributed by atoms with E-state index in [1.54, 1.807) is 12.4 Å². The van der Waals surface area contributed by atoms with Crippen LogP contribution in [0.5, 0.6) is 0 Å². The lowest BCUT2D eigenvalue weighted by Gasteiger charge is -1.90. The lowest BCUT2D eigenvalue weighted by Crippen LogP contribution is -1.89. The van der Waals surface area contributed by atoms with Gasteiger partial charge in [0.1, 0.15) is 16.2 Å². The van der Waals surface area contributed by atoms with E-state index in [0.717, 1.165) is 16.9 Å². The molecule has 14 heavy (non-hydrogen) atoms. The Labute approximate surface area is 83.1 Å². The van der Waals surface area contributed by atoms with E-state index in [9.17, 15) is 4.79 Å². The highest BCUT2D eigenvalue weighted by Gasteiger charge is 2.09. The maximum atomic E-state index is 10.6. The lowest BCUT2D eigenvalue weighted by atomic mass is 10.4. The third-order valence-electron chi connectivity index (χ3n) is 1.52. The summed E-state index contributed by atoms with van der Waals surface area (Å²) in [4.78, 5) is 22.4. The third-order valence-corrected chi connectivity index (χ3v) is 2.56. The first-order chi connectivity index (χ1) is 6.77. The van der Waals surface area contributed by atoms with Crippen molar-refractivity contribution >= 4 is 17.3 Å². The number of aromatic nitrogens is 3. The van der Waals surface area contributed by atoms with Crippen molar-refractivity contribution in [3.05, 3.63) is 29.8 Å². The number of thiazole rings is 1. The zero-order chi connectivity index (χ0) is 9.97. The summed E-state index contributed by atoms with van der Waals surface area (Å²) in [6.07, 6.45) is 5.93. The molecule has 70 valence electrons. The number of hydrogen-bond acceptors (Lipinski definition) is 5. The van der Waals surface area contributed by atoms with Gasteiger partial charge in [0.15, 0.2) is 0 Å². The monoisotopic (exact) mass is 207 g/mol. The van der Waals surface area contributed by atoms with Gasteiger partial charge in [0, 0.05) is 18.0 Å². The second-order valence-electron chi connectivity index (χ2n) is 2.46. The number of nitrogens with zero attached hydrogens (tertiary/aromatic N) is 3. The minimum absolute atomic E-state index is 0.212. The first kappa shape index (κ1) is 8.76. The van der Waals surface area contributed by atoms with Gasteiger partial charge < -0.3 is 5.11 Å². The second-order valence-corrected chi connectivity index (χ2v) is 3.49. The quantitative estimate of drug-likeness (QED) is 0.803. The van der Waals surface area contributed by atoms with Crippen LogP contribution in [0.15, 0.2) is 24.9 Å². The molecule has 1 N–H and O–H groups in total. The summed E-state index contributed by atoms with van der Waals surface area (Å²) >= 11 is 1.10. The van der Waals surface area contributed by atoms with Crippen LogP contribution < -0.4 is 0 Å². The van der Waals surface area contributed by atoms with Crippen LogP contribution in [-0.2, 0) is 0 Å². The zero-order valence-corrected chi connectivity index (χ0v) is 7.73. The highest BCUT2D eigenvalue weighted by molar-refractivity contribution is 7.16. The molecule has 0 spiro atoms. The molecule has 0 fully saturated rings. The van der Waals surface area contributed by atoms with Gasteiger partial charge in [-0.1, -0.05) is 0 Å². The van der Waals surface area contributed by atoms with Crippen LogP contribution in [0.4, 0.5) is 0 Å². The fourth-order valence-corrected chi connectivity index (χ4v) is 1.65. The summed E-state index contributed by atoms with van der Waals surface area (Å²) in [6, 6.07) is 0. The van der Waals surface area contributed by atoms with Crippen LogP contribution in [0.25, 0.3) is 10.6 Å². The molecule has 0 aliphatic carbocycles. The number of rotatable bonds is 2. The van der Waals surface area contributed by atoms with E-state index < -0.39 is 5.97 Å². The van der Waals surface area contributed by atoms with Crippen LogP contribution in [0.3, 0.4) is 0 Å². The third kappa shape index (κ3) is 1.60. The molecular weight excluding hydrogens is 202 g/mol. The van der Waals surface area contributed by atoms with E-state index in [1.807, 2.05) is 0 Å². The minimum atomic E-state index is -0.967. The molecule has 0 amide bonds. The minimum Gasteiger partial charge on any atom is -0.477 e. The molecule has 2 aromatic heterocycles. The van der Waals surface area contributed by atoms with E-state index in [0.29, 0.717) is 5.01 Å². The second kappa shape index (κ2) is 3.51. The van der Waals surface area contributed by atoms with Crippen molar-refractivity contribution in [2.24, 2.45) is 0 Å². The van der Waals surface area contributed by atoms with Gasteiger partial charge in [0.2, 0.25) is 0 Å². The van der Waals surface area contributed by atoms with Gasteiger partial charge in [-0.25, -0.2) is 19.7 Å². The number of hydrogen-bond donors (Lipinski definition) is 1. The summed E-state index contributed by atoms with van der Waals surface area (Å²) < 4.78 is 0. The highest BCUT2D eigenvalue weighted by atomic mass is 32.1. The maximum Gasteiger partial charge on any atom is 0.347 e. The van der Waals surface area contributed by atoms with Crippen molar-refractivity contribution in [1.29, 1.82) is 0 Å². The largest absolute Gasteiger partial charge is 0.477 e. The van der Waals surface area contributed by atoms with Crippen LogP contribution in [0, 0.1) is 0 Å². The van der Waals surface area contributed by atoms with Gasteiger partial charge in [-0.3, -0.25) is 0 Å². The number of carboxylic acids is 1. The maximum absolute atomic E-state index is 10.6. The van der Waals surface area contributed by atoms with E-state index in [2.05, 4.69) is 15.0 Å². The predicted molar refractivity (Wildman–Crippen MR) is 50.1 cm³/mol. The van der Waals surface area contributed by atoms with Crippen LogP contribution in [-0.4, -0.2) is 26.0 Å². The summed E-state index contributed by atoms with van der Waals surface area (Å²) in [5.74, 6) is -0.967. The molecule has 0 bridgehead atoms. The van der Waals surface area contributed by atoms with E-state index in [-0.39, 0.29) is 4.88 Å². The van der Waals surface area contributed by atoms with Gasteiger partial charge in [-0.05, 0) is 0 Å². The van der Waals surface area contributed by atoms with Crippen molar-refractivity contribution in [1.82, 2.24) is 15.0 Å². The molecule has 2 aromatic rings.